The number of benzene rings is 1. The molecule has 2 N–H and O–H groups in total. The predicted molar refractivity (Wildman–Crippen MR) is 43.2 cm³/mol. The average Bonchev–Trinajstić information content (AvgIpc) is 1.88. The Bertz CT molecular complexity index is 245. The minimum atomic E-state index is 0.692. The second kappa shape index (κ2) is 3.22. The van der Waals surface area contributed by atoms with E-state index >= 15 is 0 Å². The number of nitrogens with zero attached hydrogens (tertiary/aromatic N) is 1. The maximum absolute atomic E-state index is 5.68. The lowest BCUT2D eigenvalue weighted by Gasteiger charge is -1.90. The summed E-state index contributed by atoms with van der Waals surface area (Å²) in [5.74, 6) is 4.94. The third kappa shape index (κ3) is 1.74. The van der Waals surface area contributed by atoms with Gasteiger partial charge in [0, 0.05) is 5.02 Å². The van der Waals surface area contributed by atoms with Crippen LogP contribution in [0.5, 0.6) is 0 Å². The van der Waals surface area contributed by atoms with Crippen molar-refractivity contribution in [1.29, 1.82) is 0 Å². The molecule has 0 bridgehead atoms. The molecule has 2 nitrogen and oxygen atoms in total. The zero-order chi connectivity index (χ0) is 7.40. The number of nitrogens with two attached hydrogens (primary N) is 1. The zero-order valence-corrected chi connectivity index (χ0v) is 6.05. The van der Waals surface area contributed by atoms with Crippen LogP contribution in [0.3, 0.4) is 0 Å². The number of hydrazone groups is 1. The van der Waals surface area contributed by atoms with Crippen LogP contribution in [0.25, 0.3) is 0 Å². The molecule has 0 radical (unpaired) electrons. The Hall–Kier alpha value is -1.02. The first-order valence-corrected chi connectivity index (χ1v) is 3.19. The molecule has 0 aromatic heterocycles. The Morgan fingerprint density at radius 1 is 1.50 bits per heavy atom. The van der Waals surface area contributed by atoms with E-state index in [0.29, 0.717) is 5.02 Å². The van der Waals surface area contributed by atoms with E-state index in [1.54, 1.807) is 18.3 Å². The van der Waals surface area contributed by atoms with Crippen molar-refractivity contribution in [2.75, 3.05) is 0 Å². The fourth-order valence-electron chi connectivity index (χ4n) is 0.673. The van der Waals surface area contributed by atoms with Gasteiger partial charge < -0.3 is 5.84 Å². The van der Waals surface area contributed by atoms with Crippen molar-refractivity contribution < 1.29 is 0 Å². The first-order chi connectivity index (χ1) is 4.83. The standard InChI is InChI=1S/C7H7ClN2/c8-7-3-1-2-6(4-7)5-10-9/h1-5H,9H2/b10-5-. The van der Waals surface area contributed by atoms with Crippen LogP contribution in [0.1, 0.15) is 5.56 Å². The van der Waals surface area contributed by atoms with Gasteiger partial charge in [-0.2, -0.15) is 5.10 Å². The second-order valence-corrected chi connectivity index (χ2v) is 2.27. The number of hydrogen-bond acceptors (Lipinski definition) is 2. The molecule has 10 heavy (non-hydrogen) atoms. The first-order valence-electron chi connectivity index (χ1n) is 2.82. The van der Waals surface area contributed by atoms with E-state index in [2.05, 4.69) is 5.10 Å². The third-order valence-electron chi connectivity index (χ3n) is 1.07. The summed E-state index contributed by atoms with van der Waals surface area (Å²) in [7, 11) is 0. The molecule has 0 heterocycles. The smallest absolute Gasteiger partial charge is 0.0538 e. The molecule has 0 saturated carbocycles. The van der Waals surface area contributed by atoms with Crippen LogP contribution in [0, 0.1) is 0 Å². The molecule has 0 aliphatic carbocycles. The fraction of sp³-hybridized carbons (Fsp3) is 0. The van der Waals surface area contributed by atoms with Gasteiger partial charge in [-0.3, -0.25) is 0 Å². The van der Waals surface area contributed by atoms with Crippen molar-refractivity contribution in [3.8, 4) is 0 Å². The molecule has 52 valence electrons. The monoisotopic (exact) mass is 154 g/mol. The Labute approximate surface area is 64.3 Å². The lowest BCUT2D eigenvalue weighted by atomic mass is 10.2. The lowest BCUT2D eigenvalue weighted by Crippen LogP contribution is -1.84. The molecule has 0 spiro atoms. The minimum Gasteiger partial charge on any atom is -0.323 e. The van der Waals surface area contributed by atoms with Gasteiger partial charge in [0.05, 0.1) is 6.21 Å². The van der Waals surface area contributed by atoms with Crippen molar-refractivity contribution in [1.82, 2.24) is 0 Å². The van der Waals surface area contributed by atoms with Gasteiger partial charge in [-0.05, 0) is 17.7 Å². The van der Waals surface area contributed by atoms with Crippen molar-refractivity contribution in [2.24, 2.45) is 10.9 Å². The van der Waals surface area contributed by atoms with E-state index in [4.69, 9.17) is 17.4 Å². The summed E-state index contributed by atoms with van der Waals surface area (Å²) in [5, 5.41) is 4.06. The summed E-state index contributed by atoms with van der Waals surface area (Å²) in [6.45, 7) is 0. The SMILES string of the molecule is N/N=C\c1cccc(Cl)c1. The second-order valence-electron chi connectivity index (χ2n) is 1.83. The zero-order valence-electron chi connectivity index (χ0n) is 5.29. The highest BCUT2D eigenvalue weighted by atomic mass is 35.5. The predicted octanol–water partition coefficient (Wildman–Crippen LogP) is 1.63. The van der Waals surface area contributed by atoms with Crippen LogP contribution in [0.2, 0.25) is 5.02 Å². The molecule has 0 saturated heterocycles. The Morgan fingerprint density at radius 3 is 2.90 bits per heavy atom. The minimum absolute atomic E-state index is 0.692. The third-order valence-corrected chi connectivity index (χ3v) is 1.31. The van der Waals surface area contributed by atoms with E-state index in [1.807, 2.05) is 12.1 Å². The van der Waals surface area contributed by atoms with Gasteiger partial charge >= 0.3 is 0 Å². The Kier molecular flexibility index (Phi) is 2.29. The summed E-state index contributed by atoms with van der Waals surface area (Å²) in [5.41, 5.74) is 0.912. The van der Waals surface area contributed by atoms with Crippen LogP contribution < -0.4 is 5.84 Å². The van der Waals surface area contributed by atoms with Gasteiger partial charge in [-0.25, -0.2) is 0 Å². The van der Waals surface area contributed by atoms with Crippen LogP contribution in [-0.4, -0.2) is 6.21 Å². The molecule has 1 rings (SSSR count). The summed E-state index contributed by atoms with van der Waals surface area (Å²) < 4.78 is 0. The summed E-state index contributed by atoms with van der Waals surface area (Å²) in [6, 6.07) is 7.31. The molecule has 0 unspecified atom stereocenters. The van der Waals surface area contributed by atoms with Crippen LogP contribution in [0.4, 0.5) is 0 Å². The molecule has 1 aromatic carbocycles. The molecule has 1 aromatic rings. The van der Waals surface area contributed by atoms with Crippen LogP contribution in [0.15, 0.2) is 29.4 Å². The highest BCUT2D eigenvalue weighted by Gasteiger charge is 1.87. The van der Waals surface area contributed by atoms with Gasteiger partial charge in [-0.15, -0.1) is 0 Å². The van der Waals surface area contributed by atoms with Gasteiger partial charge in [0.1, 0.15) is 0 Å². The van der Waals surface area contributed by atoms with Crippen molar-refractivity contribution >= 4 is 17.8 Å². The molecule has 0 aliphatic heterocycles. The first kappa shape index (κ1) is 7.09. The number of hydrogen-bond donors (Lipinski definition) is 1. The molecule has 0 fully saturated rings. The molecule has 0 atom stereocenters. The maximum atomic E-state index is 5.68. The highest BCUT2D eigenvalue weighted by Crippen LogP contribution is 2.08. The van der Waals surface area contributed by atoms with E-state index < -0.39 is 0 Å². The van der Waals surface area contributed by atoms with Crippen LogP contribution >= 0.6 is 11.6 Å². The Balaban J connectivity index is 2.95. The highest BCUT2D eigenvalue weighted by molar-refractivity contribution is 6.30. The molecular weight excluding hydrogens is 148 g/mol. The summed E-state index contributed by atoms with van der Waals surface area (Å²) in [6.07, 6.45) is 1.55. The number of rotatable bonds is 1. The van der Waals surface area contributed by atoms with Gasteiger partial charge in [0.2, 0.25) is 0 Å². The lowest BCUT2D eigenvalue weighted by molar-refractivity contribution is 1.26. The molecular formula is C7H7ClN2. The van der Waals surface area contributed by atoms with E-state index in [-0.39, 0.29) is 0 Å². The normalized spacial score (nSPS) is 10.5. The fourth-order valence-corrected chi connectivity index (χ4v) is 0.872. The van der Waals surface area contributed by atoms with Gasteiger partial charge in [-0.1, -0.05) is 23.7 Å². The molecule has 3 heteroatoms. The summed E-state index contributed by atoms with van der Waals surface area (Å²) in [4.78, 5) is 0. The number of halogens is 1. The molecule has 0 amide bonds. The van der Waals surface area contributed by atoms with Gasteiger partial charge in [0.15, 0.2) is 0 Å². The van der Waals surface area contributed by atoms with Gasteiger partial charge in [0.25, 0.3) is 0 Å². The van der Waals surface area contributed by atoms with Crippen LogP contribution in [-0.2, 0) is 0 Å². The average molecular weight is 155 g/mol. The Morgan fingerprint density at radius 2 is 2.30 bits per heavy atom. The van der Waals surface area contributed by atoms with Crippen molar-refractivity contribution in [3.63, 3.8) is 0 Å². The quantitative estimate of drug-likeness (QED) is 0.373. The van der Waals surface area contributed by atoms with E-state index in [1.165, 1.54) is 0 Å². The van der Waals surface area contributed by atoms with E-state index in [9.17, 15) is 0 Å². The topological polar surface area (TPSA) is 38.4 Å². The van der Waals surface area contributed by atoms with E-state index in [0.717, 1.165) is 5.56 Å². The maximum Gasteiger partial charge on any atom is 0.0538 e. The molecule has 0 aliphatic rings. The largest absolute Gasteiger partial charge is 0.323 e. The van der Waals surface area contributed by atoms with Crippen molar-refractivity contribution in [2.45, 2.75) is 0 Å². The summed E-state index contributed by atoms with van der Waals surface area (Å²) >= 11 is 5.68. The van der Waals surface area contributed by atoms with Crippen molar-refractivity contribution in [3.05, 3.63) is 34.9 Å².